The van der Waals surface area contributed by atoms with Gasteiger partial charge in [-0.2, -0.15) is 0 Å². The van der Waals surface area contributed by atoms with Gasteiger partial charge in [0, 0.05) is 13.1 Å². The van der Waals surface area contributed by atoms with E-state index in [2.05, 4.69) is 24.5 Å². The third-order valence-corrected chi connectivity index (χ3v) is 4.25. The van der Waals surface area contributed by atoms with E-state index in [1.54, 1.807) is 0 Å². The Bertz CT molecular complexity index is 252. The minimum Gasteiger partial charge on any atom is -0.355 e. The van der Waals surface area contributed by atoms with Gasteiger partial charge in [0.1, 0.15) is 0 Å². The van der Waals surface area contributed by atoms with Crippen LogP contribution in [-0.4, -0.2) is 25.5 Å². The molecule has 1 atom stereocenters. The minimum atomic E-state index is -0.163. The molecule has 1 aliphatic heterocycles. The molecule has 0 spiro atoms. The van der Waals surface area contributed by atoms with E-state index in [0.29, 0.717) is 5.41 Å². The van der Waals surface area contributed by atoms with E-state index in [4.69, 9.17) is 0 Å². The van der Waals surface area contributed by atoms with Crippen molar-refractivity contribution in [2.75, 3.05) is 19.6 Å². The first kappa shape index (κ1) is 10.9. The molecule has 0 aromatic carbocycles. The number of hydrogen-bond donors (Lipinski definition) is 2. The zero-order valence-electron chi connectivity index (χ0n) is 9.86. The molecular weight excluding hydrogens is 188 g/mol. The van der Waals surface area contributed by atoms with E-state index in [1.165, 1.54) is 19.3 Å². The van der Waals surface area contributed by atoms with Crippen LogP contribution in [-0.2, 0) is 4.79 Å². The SMILES string of the molecule is CCC1(CNC(=O)C2(C)CCNC2)CC1. The van der Waals surface area contributed by atoms with E-state index in [0.717, 1.165) is 26.1 Å². The van der Waals surface area contributed by atoms with Gasteiger partial charge < -0.3 is 10.6 Å². The van der Waals surface area contributed by atoms with Gasteiger partial charge in [0.25, 0.3) is 0 Å². The second kappa shape index (κ2) is 3.78. The molecule has 1 saturated carbocycles. The number of amides is 1. The lowest BCUT2D eigenvalue weighted by molar-refractivity contribution is -0.129. The van der Waals surface area contributed by atoms with Gasteiger partial charge in [-0.3, -0.25) is 4.79 Å². The van der Waals surface area contributed by atoms with Crippen molar-refractivity contribution in [3.8, 4) is 0 Å². The van der Waals surface area contributed by atoms with Crippen LogP contribution in [0.5, 0.6) is 0 Å². The van der Waals surface area contributed by atoms with Gasteiger partial charge in [-0.05, 0) is 44.6 Å². The van der Waals surface area contributed by atoms with Crippen molar-refractivity contribution in [3.63, 3.8) is 0 Å². The lowest BCUT2D eigenvalue weighted by atomic mass is 9.88. The zero-order valence-corrected chi connectivity index (χ0v) is 9.86. The predicted molar refractivity (Wildman–Crippen MR) is 60.6 cm³/mol. The summed E-state index contributed by atoms with van der Waals surface area (Å²) in [5.41, 5.74) is 0.294. The van der Waals surface area contributed by atoms with Crippen LogP contribution in [0.1, 0.15) is 39.5 Å². The van der Waals surface area contributed by atoms with Crippen LogP contribution in [0.25, 0.3) is 0 Å². The molecule has 3 heteroatoms. The summed E-state index contributed by atoms with van der Waals surface area (Å²) in [6.45, 7) is 6.98. The fourth-order valence-corrected chi connectivity index (χ4v) is 2.32. The summed E-state index contributed by atoms with van der Waals surface area (Å²) in [4.78, 5) is 12.0. The molecule has 0 bridgehead atoms. The quantitative estimate of drug-likeness (QED) is 0.734. The summed E-state index contributed by atoms with van der Waals surface area (Å²) < 4.78 is 0. The molecule has 2 N–H and O–H groups in total. The second-order valence-corrected chi connectivity index (χ2v) is 5.52. The van der Waals surface area contributed by atoms with Crippen molar-refractivity contribution < 1.29 is 4.79 Å². The summed E-state index contributed by atoms with van der Waals surface area (Å²) in [6, 6.07) is 0. The third-order valence-electron chi connectivity index (χ3n) is 4.25. The molecule has 2 fully saturated rings. The first-order valence-electron chi connectivity index (χ1n) is 6.09. The molecule has 15 heavy (non-hydrogen) atoms. The molecule has 1 aliphatic carbocycles. The maximum absolute atomic E-state index is 12.0. The van der Waals surface area contributed by atoms with Crippen LogP contribution in [0.15, 0.2) is 0 Å². The minimum absolute atomic E-state index is 0.163. The fraction of sp³-hybridized carbons (Fsp3) is 0.917. The van der Waals surface area contributed by atoms with Crippen molar-refractivity contribution in [1.82, 2.24) is 10.6 Å². The van der Waals surface area contributed by atoms with Gasteiger partial charge in [-0.1, -0.05) is 6.92 Å². The van der Waals surface area contributed by atoms with Crippen LogP contribution in [0.2, 0.25) is 0 Å². The second-order valence-electron chi connectivity index (χ2n) is 5.52. The van der Waals surface area contributed by atoms with Crippen LogP contribution in [0.3, 0.4) is 0 Å². The van der Waals surface area contributed by atoms with E-state index in [1.807, 2.05) is 0 Å². The van der Waals surface area contributed by atoms with E-state index >= 15 is 0 Å². The smallest absolute Gasteiger partial charge is 0.227 e. The highest BCUT2D eigenvalue weighted by molar-refractivity contribution is 5.82. The molecule has 0 aromatic heterocycles. The normalized spacial score (nSPS) is 32.7. The average molecular weight is 210 g/mol. The Morgan fingerprint density at radius 3 is 2.60 bits per heavy atom. The Labute approximate surface area is 92.0 Å². The van der Waals surface area contributed by atoms with Crippen LogP contribution >= 0.6 is 0 Å². The number of nitrogens with one attached hydrogen (secondary N) is 2. The van der Waals surface area contributed by atoms with E-state index < -0.39 is 0 Å². The van der Waals surface area contributed by atoms with Gasteiger partial charge in [-0.25, -0.2) is 0 Å². The molecule has 1 saturated heterocycles. The molecule has 1 amide bonds. The van der Waals surface area contributed by atoms with Crippen LogP contribution in [0, 0.1) is 10.8 Å². The van der Waals surface area contributed by atoms with Crippen LogP contribution < -0.4 is 10.6 Å². The molecule has 1 heterocycles. The van der Waals surface area contributed by atoms with Gasteiger partial charge in [0.2, 0.25) is 5.91 Å². The highest BCUT2D eigenvalue weighted by Crippen LogP contribution is 2.48. The van der Waals surface area contributed by atoms with Gasteiger partial charge in [-0.15, -0.1) is 0 Å². The monoisotopic (exact) mass is 210 g/mol. The molecule has 3 nitrogen and oxygen atoms in total. The average Bonchev–Trinajstić information content (AvgIpc) is 2.90. The van der Waals surface area contributed by atoms with Crippen molar-refractivity contribution in [1.29, 1.82) is 0 Å². The number of carbonyl (C=O) groups is 1. The Morgan fingerprint density at radius 1 is 1.40 bits per heavy atom. The van der Waals surface area contributed by atoms with Gasteiger partial charge in [0.05, 0.1) is 5.41 Å². The lowest BCUT2D eigenvalue weighted by Gasteiger charge is -2.23. The zero-order chi connectivity index (χ0) is 10.9. The number of rotatable bonds is 4. The molecule has 2 rings (SSSR count). The van der Waals surface area contributed by atoms with Crippen molar-refractivity contribution in [2.24, 2.45) is 10.8 Å². The van der Waals surface area contributed by atoms with Crippen LogP contribution in [0.4, 0.5) is 0 Å². The van der Waals surface area contributed by atoms with Crippen molar-refractivity contribution >= 4 is 5.91 Å². The highest BCUT2D eigenvalue weighted by Gasteiger charge is 2.42. The highest BCUT2D eigenvalue weighted by atomic mass is 16.2. The number of carbonyl (C=O) groups excluding carboxylic acids is 1. The first-order chi connectivity index (χ1) is 7.10. The van der Waals surface area contributed by atoms with Crippen molar-refractivity contribution in [3.05, 3.63) is 0 Å². The summed E-state index contributed by atoms with van der Waals surface area (Å²) in [5, 5.41) is 6.40. The maximum Gasteiger partial charge on any atom is 0.227 e. The lowest BCUT2D eigenvalue weighted by Crippen LogP contribution is -2.42. The largest absolute Gasteiger partial charge is 0.355 e. The maximum atomic E-state index is 12.0. The van der Waals surface area contributed by atoms with Gasteiger partial charge >= 0.3 is 0 Å². The third kappa shape index (κ3) is 2.17. The first-order valence-corrected chi connectivity index (χ1v) is 6.09. The summed E-state index contributed by atoms with van der Waals surface area (Å²) in [5.74, 6) is 0.243. The molecule has 2 aliphatic rings. The van der Waals surface area contributed by atoms with E-state index in [9.17, 15) is 4.79 Å². The molecule has 1 unspecified atom stereocenters. The molecule has 0 radical (unpaired) electrons. The Morgan fingerprint density at radius 2 is 2.13 bits per heavy atom. The number of hydrogen-bond acceptors (Lipinski definition) is 2. The summed E-state index contributed by atoms with van der Waals surface area (Å²) in [7, 11) is 0. The van der Waals surface area contributed by atoms with Crippen molar-refractivity contribution in [2.45, 2.75) is 39.5 Å². The fourth-order valence-electron chi connectivity index (χ4n) is 2.32. The predicted octanol–water partition coefficient (Wildman–Crippen LogP) is 1.29. The molecular formula is C12H22N2O. The Balaban J connectivity index is 1.82. The van der Waals surface area contributed by atoms with Gasteiger partial charge in [0.15, 0.2) is 0 Å². The summed E-state index contributed by atoms with van der Waals surface area (Å²) >= 11 is 0. The molecule has 0 aromatic rings. The topological polar surface area (TPSA) is 41.1 Å². The van der Waals surface area contributed by atoms with E-state index in [-0.39, 0.29) is 11.3 Å². The Kier molecular flexibility index (Phi) is 2.75. The summed E-state index contributed by atoms with van der Waals surface area (Å²) in [6.07, 6.45) is 4.75. The molecule has 86 valence electrons. The standard InChI is InChI=1S/C12H22N2O/c1-3-12(4-5-12)9-14-10(15)11(2)6-7-13-8-11/h13H,3-9H2,1-2H3,(H,14,15). The Hall–Kier alpha value is -0.570.